The van der Waals surface area contributed by atoms with E-state index in [4.69, 9.17) is 16.7 Å². The fraction of sp³-hybridized carbons (Fsp3) is 0.588. The Kier molecular flexibility index (Phi) is 6.39. The van der Waals surface area contributed by atoms with Crippen molar-refractivity contribution < 1.29 is 14.3 Å². The third-order valence-electron chi connectivity index (χ3n) is 4.36. The van der Waals surface area contributed by atoms with E-state index in [-0.39, 0.29) is 23.5 Å². The van der Waals surface area contributed by atoms with Crippen LogP contribution >= 0.6 is 11.6 Å². The van der Waals surface area contributed by atoms with E-state index in [1.165, 1.54) is 6.07 Å². The highest BCUT2D eigenvalue weighted by atomic mass is 35.5. The number of likely N-dealkylation sites (tertiary alicyclic amines) is 1. The summed E-state index contributed by atoms with van der Waals surface area (Å²) in [4.78, 5) is 12.9. The van der Waals surface area contributed by atoms with Gasteiger partial charge in [0, 0.05) is 25.0 Å². The van der Waals surface area contributed by atoms with Crippen LogP contribution in [0, 0.1) is 5.82 Å². The van der Waals surface area contributed by atoms with Gasteiger partial charge >= 0.3 is 5.97 Å². The van der Waals surface area contributed by atoms with Crippen LogP contribution in [-0.4, -0.2) is 41.1 Å². The van der Waals surface area contributed by atoms with Gasteiger partial charge < -0.3 is 10.4 Å². The maximum Gasteiger partial charge on any atom is 0.303 e. The standard InChI is InChI=1S/C17H24ClFN2O2/c1-11(2)21-9-7-15(20-8-3-4-16(22)23)17(21)12-5-6-13(18)14(19)10-12/h5-6,10-11,15,17,20H,3-4,7-9H2,1-2H3,(H,22,23). The van der Waals surface area contributed by atoms with Gasteiger partial charge in [0.2, 0.25) is 0 Å². The Morgan fingerprint density at radius 2 is 2.26 bits per heavy atom. The molecule has 0 radical (unpaired) electrons. The second kappa shape index (κ2) is 8.08. The Bertz CT molecular complexity index is 553. The molecule has 1 saturated heterocycles. The lowest BCUT2D eigenvalue weighted by Gasteiger charge is -2.32. The minimum atomic E-state index is -0.779. The molecule has 128 valence electrons. The van der Waals surface area contributed by atoms with Crippen LogP contribution < -0.4 is 5.32 Å². The Morgan fingerprint density at radius 1 is 1.52 bits per heavy atom. The number of carboxylic acids is 1. The highest BCUT2D eigenvalue weighted by Crippen LogP contribution is 2.35. The molecule has 1 fully saturated rings. The first-order valence-electron chi connectivity index (χ1n) is 8.06. The summed E-state index contributed by atoms with van der Waals surface area (Å²) in [5.74, 6) is -1.18. The molecule has 2 N–H and O–H groups in total. The van der Waals surface area contributed by atoms with E-state index < -0.39 is 11.8 Å². The van der Waals surface area contributed by atoms with Crippen LogP contribution in [0.25, 0.3) is 0 Å². The van der Waals surface area contributed by atoms with Crippen LogP contribution in [0.2, 0.25) is 5.02 Å². The second-order valence-corrected chi connectivity index (χ2v) is 6.70. The maximum absolute atomic E-state index is 13.8. The molecule has 0 spiro atoms. The summed E-state index contributed by atoms with van der Waals surface area (Å²) in [5.41, 5.74) is 0.911. The SMILES string of the molecule is CC(C)N1CCC(NCCCC(=O)O)C1c1ccc(Cl)c(F)c1. The van der Waals surface area contributed by atoms with Crippen molar-refractivity contribution in [2.75, 3.05) is 13.1 Å². The molecule has 1 aliphatic rings. The van der Waals surface area contributed by atoms with E-state index in [1.54, 1.807) is 6.07 Å². The lowest BCUT2D eigenvalue weighted by molar-refractivity contribution is -0.137. The van der Waals surface area contributed by atoms with E-state index in [2.05, 4.69) is 24.1 Å². The Hall–Kier alpha value is -1.17. The van der Waals surface area contributed by atoms with Crippen molar-refractivity contribution in [3.05, 3.63) is 34.6 Å². The monoisotopic (exact) mass is 342 g/mol. The molecule has 4 nitrogen and oxygen atoms in total. The highest BCUT2D eigenvalue weighted by Gasteiger charge is 2.36. The van der Waals surface area contributed by atoms with Crippen molar-refractivity contribution >= 4 is 17.6 Å². The van der Waals surface area contributed by atoms with Crippen molar-refractivity contribution in [3.8, 4) is 0 Å². The number of hydrogen-bond donors (Lipinski definition) is 2. The van der Waals surface area contributed by atoms with Gasteiger partial charge in [0.25, 0.3) is 0 Å². The molecule has 2 atom stereocenters. The zero-order valence-electron chi connectivity index (χ0n) is 13.6. The van der Waals surface area contributed by atoms with Gasteiger partial charge in [0.1, 0.15) is 5.82 Å². The highest BCUT2D eigenvalue weighted by molar-refractivity contribution is 6.30. The number of nitrogens with one attached hydrogen (secondary N) is 1. The molecule has 0 aliphatic carbocycles. The molecule has 0 bridgehead atoms. The molecular weight excluding hydrogens is 319 g/mol. The number of carbonyl (C=O) groups is 1. The van der Waals surface area contributed by atoms with Gasteiger partial charge in [-0.3, -0.25) is 9.69 Å². The van der Waals surface area contributed by atoms with Gasteiger partial charge in [-0.1, -0.05) is 17.7 Å². The van der Waals surface area contributed by atoms with Crippen LogP contribution in [0.15, 0.2) is 18.2 Å². The normalized spacial score (nSPS) is 22.0. The quantitative estimate of drug-likeness (QED) is 0.745. The maximum atomic E-state index is 13.8. The van der Waals surface area contributed by atoms with Crippen molar-refractivity contribution in [1.82, 2.24) is 10.2 Å². The van der Waals surface area contributed by atoms with Crippen LogP contribution in [-0.2, 0) is 4.79 Å². The average molecular weight is 343 g/mol. The summed E-state index contributed by atoms with van der Waals surface area (Å²) in [5, 5.41) is 12.3. The van der Waals surface area contributed by atoms with Gasteiger partial charge in [-0.2, -0.15) is 0 Å². The predicted molar refractivity (Wildman–Crippen MR) is 89.3 cm³/mol. The minimum absolute atomic E-state index is 0.0756. The van der Waals surface area contributed by atoms with Gasteiger partial charge in [-0.15, -0.1) is 0 Å². The van der Waals surface area contributed by atoms with E-state index >= 15 is 0 Å². The lowest BCUT2D eigenvalue weighted by Crippen LogP contribution is -2.39. The summed E-state index contributed by atoms with van der Waals surface area (Å²) in [7, 11) is 0. The second-order valence-electron chi connectivity index (χ2n) is 6.30. The molecule has 1 aromatic rings. The molecule has 2 rings (SSSR count). The number of hydrogen-bond acceptors (Lipinski definition) is 3. The molecule has 1 aromatic carbocycles. The molecule has 1 aliphatic heterocycles. The predicted octanol–water partition coefficient (Wildman–Crippen LogP) is 3.46. The Labute approximate surface area is 141 Å². The first kappa shape index (κ1) is 18.2. The van der Waals surface area contributed by atoms with E-state index in [0.29, 0.717) is 19.0 Å². The number of carboxylic acid groups (broad SMARTS) is 1. The van der Waals surface area contributed by atoms with Crippen LogP contribution in [0.1, 0.15) is 44.7 Å². The molecule has 23 heavy (non-hydrogen) atoms. The largest absolute Gasteiger partial charge is 0.481 e. The molecule has 0 amide bonds. The molecule has 0 aromatic heterocycles. The van der Waals surface area contributed by atoms with Crippen LogP contribution in [0.3, 0.4) is 0 Å². The van der Waals surface area contributed by atoms with Gasteiger partial charge in [0.15, 0.2) is 0 Å². The first-order valence-corrected chi connectivity index (χ1v) is 8.44. The smallest absolute Gasteiger partial charge is 0.303 e. The lowest BCUT2D eigenvalue weighted by atomic mass is 9.99. The summed E-state index contributed by atoms with van der Waals surface area (Å²) < 4.78 is 13.8. The van der Waals surface area contributed by atoms with Gasteiger partial charge in [-0.05, 0) is 50.9 Å². The molecule has 0 saturated carbocycles. The Morgan fingerprint density at radius 3 is 2.87 bits per heavy atom. The zero-order valence-corrected chi connectivity index (χ0v) is 14.3. The first-order chi connectivity index (χ1) is 10.9. The number of benzene rings is 1. The van der Waals surface area contributed by atoms with E-state index in [9.17, 15) is 9.18 Å². The van der Waals surface area contributed by atoms with E-state index in [1.807, 2.05) is 6.07 Å². The summed E-state index contributed by atoms with van der Waals surface area (Å²) in [6.07, 6.45) is 1.71. The van der Waals surface area contributed by atoms with Crippen LogP contribution in [0.5, 0.6) is 0 Å². The fourth-order valence-corrected chi connectivity index (χ4v) is 3.37. The molecule has 1 heterocycles. The number of aliphatic carboxylic acids is 1. The fourth-order valence-electron chi connectivity index (χ4n) is 3.26. The van der Waals surface area contributed by atoms with Crippen molar-refractivity contribution in [2.24, 2.45) is 0 Å². The topological polar surface area (TPSA) is 52.6 Å². The van der Waals surface area contributed by atoms with Crippen molar-refractivity contribution in [3.63, 3.8) is 0 Å². The molecule has 6 heteroatoms. The van der Waals surface area contributed by atoms with Crippen molar-refractivity contribution in [1.29, 1.82) is 0 Å². The summed E-state index contributed by atoms with van der Waals surface area (Å²) in [6, 6.07) is 5.61. The molecular formula is C17H24ClFN2O2. The third-order valence-corrected chi connectivity index (χ3v) is 4.67. The average Bonchev–Trinajstić information content (AvgIpc) is 2.90. The van der Waals surface area contributed by atoms with Gasteiger partial charge in [-0.25, -0.2) is 4.39 Å². The number of nitrogens with zero attached hydrogens (tertiary/aromatic N) is 1. The van der Waals surface area contributed by atoms with Crippen molar-refractivity contribution in [2.45, 2.75) is 51.2 Å². The molecule has 2 unspecified atom stereocenters. The third kappa shape index (κ3) is 4.66. The van der Waals surface area contributed by atoms with E-state index in [0.717, 1.165) is 18.5 Å². The number of rotatable bonds is 7. The number of halogens is 2. The summed E-state index contributed by atoms with van der Waals surface area (Å²) in [6.45, 7) is 5.84. The summed E-state index contributed by atoms with van der Waals surface area (Å²) >= 11 is 5.79. The van der Waals surface area contributed by atoms with Crippen LogP contribution in [0.4, 0.5) is 4.39 Å². The zero-order chi connectivity index (χ0) is 17.0. The Balaban J connectivity index is 2.11. The van der Waals surface area contributed by atoms with Gasteiger partial charge in [0.05, 0.1) is 11.1 Å². The minimum Gasteiger partial charge on any atom is -0.481 e.